The molecular weight excluding hydrogens is 448 g/mol. The minimum absolute atomic E-state index is 0.0751. The second-order valence-corrected chi connectivity index (χ2v) is 10.3. The zero-order chi connectivity index (χ0) is 24.6. The Kier molecular flexibility index (Phi) is 6.19. The normalized spacial score (nSPS) is 11.8. The van der Waals surface area contributed by atoms with E-state index in [0.717, 1.165) is 6.26 Å². The Balaban J connectivity index is 2.03. The molecule has 33 heavy (non-hydrogen) atoms. The Morgan fingerprint density at radius 1 is 1.03 bits per heavy atom. The molecule has 174 valence electrons. The average molecular weight is 473 g/mol. The first-order chi connectivity index (χ1) is 15.2. The summed E-state index contributed by atoms with van der Waals surface area (Å²) < 4.78 is 26.2. The number of aromatic nitrogens is 2. The molecule has 0 radical (unpaired) electrons. The highest BCUT2D eigenvalue weighted by atomic mass is 32.2. The lowest BCUT2D eigenvalue weighted by Crippen LogP contribution is -2.28. The lowest BCUT2D eigenvalue weighted by Gasteiger charge is -2.23. The number of amides is 1. The molecule has 0 unspecified atom stereocenters. The van der Waals surface area contributed by atoms with E-state index in [4.69, 9.17) is 0 Å². The first-order valence-electron chi connectivity index (χ1n) is 9.84. The smallest absolute Gasteiger partial charge is 0.332 e. The fourth-order valence-electron chi connectivity index (χ4n) is 3.16. The number of phenolic OH excluding ortho intramolecular Hbond substituents is 1. The first-order valence-corrected chi connectivity index (χ1v) is 11.7. The van der Waals surface area contributed by atoms with Crippen molar-refractivity contribution in [3.63, 3.8) is 0 Å². The van der Waals surface area contributed by atoms with Crippen molar-refractivity contribution >= 4 is 27.3 Å². The van der Waals surface area contributed by atoms with Crippen molar-refractivity contribution in [1.29, 1.82) is 0 Å². The fourth-order valence-corrected chi connectivity index (χ4v) is 3.72. The van der Waals surface area contributed by atoms with E-state index in [-0.39, 0.29) is 17.0 Å². The molecule has 0 aliphatic rings. The van der Waals surface area contributed by atoms with Gasteiger partial charge in [0.05, 0.1) is 17.5 Å². The van der Waals surface area contributed by atoms with Crippen LogP contribution in [0, 0.1) is 0 Å². The summed E-state index contributed by atoms with van der Waals surface area (Å²) >= 11 is 0. The maximum atomic E-state index is 13.0. The predicted molar refractivity (Wildman–Crippen MR) is 126 cm³/mol. The molecule has 0 bridgehead atoms. The Morgan fingerprint density at radius 3 is 2.18 bits per heavy atom. The number of H-pyrrole nitrogens is 1. The van der Waals surface area contributed by atoms with Crippen molar-refractivity contribution in [2.45, 2.75) is 26.2 Å². The molecule has 0 atom stereocenters. The summed E-state index contributed by atoms with van der Waals surface area (Å²) in [6, 6.07) is 10.1. The number of carbonyl (C=O) groups excluding carboxylic acids is 1. The first kappa shape index (κ1) is 23.8. The lowest BCUT2D eigenvalue weighted by atomic mass is 9.84. The van der Waals surface area contributed by atoms with Crippen LogP contribution in [-0.2, 0) is 15.4 Å². The third-order valence-electron chi connectivity index (χ3n) is 4.70. The van der Waals surface area contributed by atoms with Gasteiger partial charge < -0.3 is 10.4 Å². The van der Waals surface area contributed by atoms with Crippen molar-refractivity contribution < 1.29 is 18.3 Å². The third-order valence-corrected chi connectivity index (χ3v) is 5.30. The van der Waals surface area contributed by atoms with Gasteiger partial charge in [0.25, 0.3) is 11.5 Å². The van der Waals surface area contributed by atoms with E-state index in [2.05, 4.69) is 15.0 Å². The van der Waals surface area contributed by atoms with E-state index in [1.807, 2.05) is 20.8 Å². The highest BCUT2D eigenvalue weighted by Crippen LogP contribution is 2.35. The third kappa shape index (κ3) is 5.69. The molecule has 11 heteroatoms. The number of nitrogens with one attached hydrogen (secondary N) is 3. The molecule has 3 aromatic rings. The van der Waals surface area contributed by atoms with Gasteiger partial charge in [0.15, 0.2) is 0 Å². The van der Waals surface area contributed by atoms with Gasteiger partial charge in [-0.05, 0) is 41.8 Å². The average Bonchev–Trinajstić information content (AvgIpc) is 2.68. The van der Waals surface area contributed by atoms with Crippen LogP contribution < -0.4 is 21.3 Å². The molecule has 0 spiro atoms. The zero-order valence-corrected chi connectivity index (χ0v) is 19.3. The summed E-state index contributed by atoms with van der Waals surface area (Å²) in [6.07, 6.45) is 2.31. The second kappa shape index (κ2) is 8.58. The summed E-state index contributed by atoms with van der Waals surface area (Å²) in [4.78, 5) is 38.9. The molecular formula is C22H24N4O6S. The summed E-state index contributed by atoms with van der Waals surface area (Å²) in [6.45, 7) is 5.53. The Morgan fingerprint density at radius 2 is 1.64 bits per heavy atom. The molecule has 0 fully saturated rings. The van der Waals surface area contributed by atoms with Crippen molar-refractivity contribution in [1.82, 2.24) is 9.55 Å². The molecule has 0 aliphatic carbocycles. The number of anilines is 2. The number of sulfonamides is 1. The molecule has 1 heterocycles. The predicted octanol–water partition coefficient (Wildman–Crippen LogP) is 2.15. The maximum absolute atomic E-state index is 13.0. The lowest BCUT2D eigenvalue weighted by molar-refractivity contribution is 0.102. The Labute approximate surface area is 190 Å². The SMILES string of the molecule is CC(C)(C)c1cc(-n2ccc(=O)[nH]c2=O)cc(C(=O)Nc2ccc(NS(C)(=O)=O)cc2)c1O. The zero-order valence-electron chi connectivity index (χ0n) is 18.5. The number of benzene rings is 2. The monoisotopic (exact) mass is 472 g/mol. The summed E-state index contributed by atoms with van der Waals surface area (Å²) in [5.74, 6) is -0.877. The number of hydrogen-bond acceptors (Lipinski definition) is 6. The molecule has 0 saturated carbocycles. The van der Waals surface area contributed by atoms with Gasteiger partial charge in [-0.3, -0.25) is 23.9 Å². The van der Waals surface area contributed by atoms with E-state index in [1.54, 1.807) is 6.07 Å². The van der Waals surface area contributed by atoms with Crippen molar-refractivity contribution in [3.05, 3.63) is 80.6 Å². The minimum Gasteiger partial charge on any atom is -0.507 e. The van der Waals surface area contributed by atoms with Crippen LogP contribution in [0.1, 0.15) is 36.7 Å². The van der Waals surface area contributed by atoms with Crippen LogP contribution in [0.15, 0.2) is 58.3 Å². The molecule has 1 amide bonds. The largest absolute Gasteiger partial charge is 0.507 e. The van der Waals surface area contributed by atoms with Crippen LogP contribution in [-0.4, -0.2) is 35.2 Å². The maximum Gasteiger partial charge on any atom is 0.332 e. The number of aromatic amines is 1. The van der Waals surface area contributed by atoms with Crippen molar-refractivity contribution in [3.8, 4) is 11.4 Å². The molecule has 1 aromatic heterocycles. The van der Waals surface area contributed by atoms with E-state index in [1.165, 1.54) is 47.2 Å². The van der Waals surface area contributed by atoms with Gasteiger partial charge in [0.2, 0.25) is 10.0 Å². The fraction of sp³-hybridized carbons (Fsp3) is 0.227. The molecule has 4 N–H and O–H groups in total. The van der Waals surface area contributed by atoms with E-state index in [9.17, 15) is 27.9 Å². The van der Waals surface area contributed by atoms with Gasteiger partial charge in [-0.25, -0.2) is 13.2 Å². The molecule has 3 rings (SSSR count). The van der Waals surface area contributed by atoms with E-state index < -0.39 is 32.6 Å². The summed E-state index contributed by atoms with van der Waals surface area (Å²) in [5, 5.41) is 13.5. The van der Waals surface area contributed by atoms with Crippen LogP contribution in [0.4, 0.5) is 11.4 Å². The highest BCUT2D eigenvalue weighted by Gasteiger charge is 2.25. The highest BCUT2D eigenvalue weighted by molar-refractivity contribution is 7.92. The van der Waals surface area contributed by atoms with Gasteiger partial charge in [0.1, 0.15) is 5.75 Å². The molecule has 10 nitrogen and oxygen atoms in total. The number of aromatic hydroxyl groups is 1. The minimum atomic E-state index is -3.44. The van der Waals surface area contributed by atoms with Gasteiger partial charge in [-0.1, -0.05) is 20.8 Å². The van der Waals surface area contributed by atoms with Gasteiger partial charge >= 0.3 is 5.69 Å². The van der Waals surface area contributed by atoms with Crippen LogP contribution in [0.5, 0.6) is 5.75 Å². The molecule has 0 aliphatic heterocycles. The number of rotatable bonds is 5. The van der Waals surface area contributed by atoms with Gasteiger partial charge in [-0.15, -0.1) is 0 Å². The van der Waals surface area contributed by atoms with E-state index >= 15 is 0 Å². The number of carbonyl (C=O) groups is 1. The standard InChI is InChI=1S/C22H24N4O6S/c1-22(2,3)17-12-15(26-10-9-18(27)24-21(26)30)11-16(19(17)28)20(29)23-13-5-7-14(8-6-13)25-33(4,31)32/h5-12,25,28H,1-4H3,(H,23,29)(H,24,27,30). The van der Waals surface area contributed by atoms with Crippen molar-refractivity contribution in [2.24, 2.45) is 0 Å². The number of phenols is 1. The van der Waals surface area contributed by atoms with Crippen LogP contribution in [0.25, 0.3) is 5.69 Å². The summed E-state index contributed by atoms with van der Waals surface area (Å²) in [5.41, 5.74) is -0.483. The number of hydrogen-bond donors (Lipinski definition) is 4. The van der Waals surface area contributed by atoms with Gasteiger partial charge in [0, 0.05) is 29.2 Å². The second-order valence-electron chi connectivity index (χ2n) is 8.53. The van der Waals surface area contributed by atoms with E-state index in [0.29, 0.717) is 16.9 Å². The molecule has 2 aromatic carbocycles. The topological polar surface area (TPSA) is 150 Å². The van der Waals surface area contributed by atoms with Crippen LogP contribution in [0.3, 0.4) is 0 Å². The van der Waals surface area contributed by atoms with Crippen LogP contribution in [0.2, 0.25) is 0 Å². The van der Waals surface area contributed by atoms with Crippen molar-refractivity contribution in [2.75, 3.05) is 16.3 Å². The summed E-state index contributed by atoms with van der Waals surface area (Å²) in [7, 11) is -3.44. The number of nitrogens with zero attached hydrogens (tertiary/aromatic N) is 1. The van der Waals surface area contributed by atoms with Gasteiger partial charge in [-0.2, -0.15) is 0 Å². The quantitative estimate of drug-likeness (QED) is 0.447. The Hall–Kier alpha value is -3.86. The van der Waals surface area contributed by atoms with Crippen LogP contribution >= 0.6 is 0 Å². The Bertz CT molecular complexity index is 1430. The molecule has 0 saturated heterocycles.